The molecule has 19 heavy (non-hydrogen) atoms. The van der Waals surface area contributed by atoms with Crippen molar-refractivity contribution in [2.24, 2.45) is 11.3 Å². The van der Waals surface area contributed by atoms with E-state index < -0.39 is 16.9 Å². The maximum Gasteiger partial charge on any atom is 0.317 e. The van der Waals surface area contributed by atoms with Crippen molar-refractivity contribution in [2.45, 2.75) is 54.0 Å². The number of nitrogens with one attached hydrogen (secondary N) is 1. The molecule has 0 saturated heterocycles. The van der Waals surface area contributed by atoms with E-state index >= 15 is 0 Å². The topological polar surface area (TPSA) is 69.6 Å². The minimum Gasteiger partial charge on any atom is -0.481 e. The summed E-state index contributed by atoms with van der Waals surface area (Å²) in [5.41, 5.74) is -1.87. The van der Waals surface area contributed by atoms with Gasteiger partial charge in [-0.25, -0.2) is 4.79 Å². The first-order valence-corrected chi connectivity index (χ1v) is 6.76. The van der Waals surface area contributed by atoms with Crippen molar-refractivity contribution in [2.75, 3.05) is 13.1 Å². The van der Waals surface area contributed by atoms with Crippen molar-refractivity contribution in [3.63, 3.8) is 0 Å². The molecule has 0 spiro atoms. The SMILES string of the molecule is CCN(CC(C)C)C(=O)NC(C)(C)C(C)(C)C(=O)O. The van der Waals surface area contributed by atoms with Crippen LogP contribution in [0.1, 0.15) is 48.5 Å². The van der Waals surface area contributed by atoms with Gasteiger partial charge in [0, 0.05) is 13.1 Å². The Morgan fingerprint density at radius 2 is 1.68 bits per heavy atom. The average molecular weight is 272 g/mol. The number of carbonyl (C=O) groups excluding carboxylic acids is 1. The van der Waals surface area contributed by atoms with Crippen LogP contribution in [0.25, 0.3) is 0 Å². The summed E-state index contributed by atoms with van der Waals surface area (Å²) in [6.45, 7) is 14.0. The van der Waals surface area contributed by atoms with Gasteiger partial charge in [-0.05, 0) is 40.5 Å². The van der Waals surface area contributed by atoms with Crippen molar-refractivity contribution in [1.29, 1.82) is 0 Å². The van der Waals surface area contributed by atoms with Gasteiger partial charge in [0.15, 0.2) is 0 Å². The highest BCUT2D eigenvalue weighted by atomic mass is 16.4. The lowest BCUT2D eigenvalue weighted by atomic mass is 9.74. The van der Waals surface area contributed by atoms with E-state index in [0.717, 1.165) is 0 Å². The standard InChI is InChI=1S/C14H28N2O3/c1-8-16(9-10(2)3)12(19)15-14(6,7)13(4,5)11(17)18/h10H,8-9H2,1-7H3,(H,15,19)(H,17,18). The molecular weight excluding hydrogens is 244 g/mol. The van der Waals surface area contributed by atoms with Crippen LogP contribution in [-0.2, 0) is 4.79 Å². The molecule has 0 radical (unpaired) electrons. The molecule has 0 bridgehead atoms. The summed E-state index contributed by atoms with van der Waals surface area (Å²) >= 11 is 0. The van der Waals surface area contributed by atoms with Crippen LogP contribution in [0, 0.1) is 11.3 Å². The molecule has 5 heteroatoms. The Balaban J connectivity index is 4.92. The molecule has 0 aliphatic heterocycles. The van der Waals surface area contributed by atoms with Gasteiger partial charge in [-0.15, -0.1) is 0 Å². The maximum atomic E-state index is 12.2. The van der Waals surface area contributed by atoms with Gasteiger partial charge < -0.3 is 15.3 Å². The summed E-state index contributed by atoms with van der Waals surface area (Å²) in [6.07, 6.45) is 0. The molecule has 0 saturated carbocycles. The lowest BCUT2D eigenvalue weighted by Gasteiger charge is -2.40. The smallest absolute Gasteiger partial charge is 0.317 e. The predicted octanol–water partition coefficient (Wildman–Crippen LogP) is 2.56. The van der Waals surface area contributed by atoms with E-state index in [2.05, 4.69) is 5.32 Å². The highest BCUT2D eigenvalue weighted by molar-refractivity contribution is 5.79. The summed E-state index contributed by atoms with van der Waals surface area (Å²) < 4.78 is 0. The first-order chi connectivity index (χ1) is 8.45. The molecule has 0 aromatic carbocycles. The third kappa shape index (κ3) is 4.40. The van der Waals surface area contributed by atoms with Gasteiger partial charge in [-0.1, -0.05) is 13.8 Å². The van der Waals surface area contributed by atoms with Crippen molar-refractivity contribution in [1.82, 2.24) is 10.2 Å². The first kappa shape index (κ1) is 17.7. The molecule has 0 aliphatic rings. The summed E-state index contributed by atoms with van der Waals surface area (Å²) in [4.78, 5) is 25.2. The van der Waals surface area contributed by atoms with Gasteiger partial charge in [-0.3, -0.25) is 4.79 Å². The van der Waals surface area contributed by atoms with Crippen molar-refractivity contribution in [3.05, 3.63) is 0 Å². The number of nitrogens with zero attached hydrogens (tertiary/aromatic N) is 1. The van der Waals surface area contributed by atoms with Crippen LogP contribution >= 0.6 is 0 Å². The van der Waals surface area contributed by atoms with Gasteiger partial charge in [-0.2, -0.15) is 0 Å². The molecule has 0 unspecified atom stereocenters. The Morgan fingerprint density at radius 1 is 1.21 bits per heavy atom. The van der Waals surface area contributed by atoms with Crippen LogP contribution in [0.5, 0.6) is 0 Å². The maximum absolute atomic E-state index is 12.2. The fraction of sp³-hybridized carbons (Fsp3) is 0.857. The number of hydrogen-bond acceptors (Lipinski definition) is 2. The largest absolute Gasteiger partial charge is 0.481 e. The predicted molar refractivity (Wildman–Crippen MR) is 76.1 cm³/mol. The van der Waals surface area contributed by atoms with Gasteiger partial charge >= 0.3 is 12.0 Å². The molecule has 0 aromatic rings. The molecule has 0 aromatic heterocycles. The summed E-state index contributed by atoms with van der Waals surface area (Å²) in [5, 5.41) is 12.1. The van der Waals surface area contributed by atoms with E-state index in [9.17, 15) is 14.7 Å². The number of carboxylic acids is 1. The Kier molecular flexibility index (Phi) is 5.84. The number of hydrogen-bond donors (Lipinski definition) is 2. The molecule has 5 nitrogen and oxygen atoms in total. The molecule has 112 valence electrons. The Bertz CT molecular complexity index is 336. The lowest BCUT2D eigenvalue weighted by Crippen LogP contribution is -2.59. The highest BCUT2D eigenvalue weighted by Crippen LogP contribution is 2.30. The normalized spacial score (nSPS) is 12.4. The van der Waals surface area contributed by atoms with E-state index in [4.69, 9.17) is 0 Å². The van der Waals surface area contributed by atoms with Crippen LogP contribution in [0.2, 0.25) is 0 Å². The number of carbonyl (C=O) groups is 2. The summed E-state index contributed by atoms with van der Waals surface area (Å²) in [7, 11) is 0. The first-order valence-electron chi connectivity index (χ1n) is 6.76. The van der Waals surface area contributed by atoms with E-state index in [1.807, 2.05) is 20.8 Å². The number of carboxylic acid groups (broad SMARTS) is 1. The quantitative estimate of drug-likeness (QED) is 0.780. The zero-order valence-corrected chi connectivity index (χ0v) is 13.2. The number of amides is 2. The second-order valence-electron chi connectivity index (χ2n) is 6.42. The molecule has 0 atom stereocenters. The van der Waals surface area contributed by atoms with E-state index in [-0.39, 0.29) is 6.03 Å². The zero-order valence-electron chi connectivity index (χ0n) is 13.2. The number of aliphatic carboxylic acids is 1. The second kappa shape index (κ2) is 6.26. The molecule has 0 rings (SSSR count). The summed E-state index contributed by atoms with van der Waals surface area (Å²) in [6, 6.07) is -0.212. The van der Waals surface area contributed by atoms with Crippen molar-refractivity contribution in [3.8, 4) is 0 Å². The van der Waals surface area contributed by atoms with Gasteiger partial charge in [0.2, 0.25) is 0 Å². The van der Waals surface area contributed by atoms with Crippen LogP contribution in [0.15, 0.2) is 0 Å². The number of rotatable bonds is 6. The third-order valence-corrected chi connectivity index (χ3v) is 3.77. The van der Waals surface area contributed by atoms with Gasteiger partial charge in [0.25, 0.3) is 0 Å². The summed E-state index contributed by atoms with van der Waals surface area (Å²) in [5.74, 6) is -0.550. The molecular formula is C14H28N2O3. The molecule has 0 heterocycles. The van der Waals surface area contributed by atoms with Gasteiger partial charge in [0.05, 0.1) is 11.0 Å². The van der Waals surface area contributed by atoms with E-state index in [0.29, 0.717) is 19.0 Å². The fourth-order valence-corrected chi connectivity index (χ4v) is 1.57. The van der Waals surface area contributed by atoms with Crippen molar-refractivity contribution >= 4 is 12.0 Å². The minimum atomic E-state index is -1.04. The Morgan fingerprint density at radius 3 is 2.00 bits per heavy atom. The van der Waals surface area contributed by atoms with Gasteiger partial charge in [0.1, 0.15) is 0 Å². The van der Waals surface area contributed by atoms with E-state index in [1.165, 1.54) is 0 Å². The molecule has 2 N–H and O–H groups in total. The average Bonchev–Trinajstić information content (AvgIpc) is 2.24. The zero-order chi connectivity index (χ0) is 15.4. The lowest BCUT2D eigenvalue weighted by molar-refractivity contribution is -0.150. The molecule has 0 aliphatic carbocycles. The third-order valence-electron chi connectivity index (χ3n) is 3.77. The second-order valence-corrected chi connectivity index (χ2v) is 6.42. The van der Waals surface area contributed by atoms with Crippen LogP contribution in [0.3, 0.4) is 0 Å². The van der Waals surface area contributed by atoms with Crippen LogP contribution < -0.4 is 5.32 Å². The minimum absolute atomic E-state index is 0.212. The van der Waals surface area contributed by atoms with Crippen LogP contribution in [0.4, 0.5) is 4.79 Å². The highest BCUT2D eigenvalue weighted by Gasteiger charge is 2.44. The Hall–Kier alpha value is -1.26. The molecule has 0 fully saturated rings. The Labute approximate surface area is 116 Å². The van der Waals surface area contributed by atoms with Crippen LogP contribution in [-0.4, -0.2) is 40.6 Å². The van der Waals surface area contributed by atoms with Crippen molar-refractivity contribution < 1.29 is 14.7 Å². The number of urea groups is 1. The fourth-order valence-electron chi connectivity index (χ4n) is 1.57. The monoisotopic (exact) mass is 272 g/mol. The molecule has 2 amide bonds. The van der Waals surface area contributed by atoms with E-state index in [1.54, 1.807) is 32.6 Å².